The standard InChI is InChI=1S/C11H11ClO5/c1-2-16-10(13)6-17-7-3-4-8(11(14)15)9(12)5-7/h3-5H,2,6H2,1H3,(H,14,15). The molecule has 0 amide bonds. The molecule has 0 saturated heterocycles. The predicted octanol–water partition coefficient (Wildman–Crippen LogP) is 1.98. The summed E-state index contributed by atoms with van der Waals surface area (Å²) in [4.78, 5) is 21.7. The van der Waals surface area contributed by atoms with Gasteiger partial charge in [0, 0.05) is 0 Å². The van der Waals surface area contributed by atoms with E-state index in [1.165, 1.54) is 18.2 Å². The monoisotopic (exact) mass is 258 g/mol. The molecule has 0 saturated carbocycles. The largest absolute Gasteiger partial charge is 0.482 e. The number of hydrogen-bond acceptors (Lipinski definition) is 4. The molecule has 1 aromatic rings. The first-order valence-electron chi connectivity index (χ1n) is 4.86. The van der Waals surface area contributed by atoms with Crippen molar-refractivity contribution >= 4 is 23.5 Å². The van der Waals surface area contributed by atoms with Gasteiger partial charge in [0.05, 0.1) is 17.2 Å². The van der Waals surface area contributed by atoms with Gasteiger partial charge in [-0.1, -0.05) is 11.6 Å². The molecule has 0 atom stereocenters. The summed E-state index contributed by atoms with van der Waals surface area (Å²) in [7, 11) is 0. The Labute approximate surface area is 103 Å². The van der Waals surface area contributed by atoms with Crippen LogP contribution in [0.15, 0.2) is 18.2 Å². The minimum atomic E-state index is -1.12. The van der Waals surface area contributed by atoms with Crippen LogP contribution < -0.4 is 4.74 Å². The molecule has 1 N–H and O–H groups in total. The first kappa shape index (κ1) is 13.3. The third-order valence-electron chi connectivity index (χ3n) is 1.83. The van der Waals surface area contributed by atoms with Gasteiger partial charge in [0.2, 0.25) is 0 Å². The highest BCUT2D eigenvalue weighted by molar-refractivity contribution is 6.33. The lowest BCUT2D eigenvalue weighted by Gasteiger charge is -2.06. The summed E-state index contributed by atoms with van der Waals surface area (Å²) in [5.74, 6) is -1.30. The Morgan fingerprint density at radius 3 is 2.65 bits per heavy atom. The third kappa shape index (κ3) is 3.96. The normalized spacial score (nSPS) is 9.76. The summed E-state index contributed by atoms with van der Waals surface area (Å²) in [6.45, 7) is 1.73. The number of esters is 1. The van der Waals surface area contributed by atoms with Crippen LogP contribution in [0, 0.1) is 0 Å². The Kier molecular flexibility index (Phi) is 4.78. The zero-order valence-corrected chi connectivity index (χ0v) is 9.86. The van der Waals surface area contributed by atoms with Crippen LogP contribution in [0.25, 0.3) is 0 Å². The zero-order chi connectivity index (χ0) is 12.8. The number of benzene rings is 1. The van der Waals surface area contributed by atoms with Crippen LogP contribution >= 0.6 is 11.6 Å². The zero-order valence-electron chi connectivity index (χ0n) is 9.10. The number of hydrogen-bond donors (Lipinski definition) is 1. The molecule has 0 radical (unpaired) electrons. The van der Waals surface area contributed by atoms with E-state index in [1.54, 1.807) is 6.92 Å². The van der Waals surface area contributed by atoms with Gasteiger partial charge in [0.25, 0.3) is 0 Å². The van der Waals surface area contributed by atoms with Crippen molar-refractivity contribution in [3.63, 3.8) is 0 Å². The molecule has 1 rings (SSSR count). The van der Waals surface area contributed by atoms with E-state index in [-0.39, 0.29) is 23.8 Å². The molecule has 0 aromatic heterocycles. The smallest absolute Gasteiger partial charge is 0.344 e. The number of carboxylic acids is 1. The quantitative estimate of drug-likeness (QED) is 0.818. The molecule has 0 aliphatic carbocycles. The van der Waals surface area contributed by atoms with Gasteiger partial charge in [-0.2, -0.15) is 0 Å². The van der Waals surface area contributed by atoms with E-state index in [2.05, 4.69) is 4.74 Å². The van der Waals surface area contributed by atoms with Crippen molar-refractivity contribution in [1.29, 1.82) is 0 Å². The highest BCUT2D eigenvalue weighted by Gasteiger charge is 2.10. The number of carbonyl (C=O) groups excluding carboxylic acids is 1. The van der Waals surface area contributed by atoms with Gasteiger partial charge in [0.1, 0.15) is 5.75 Å². The molecule has 5 nitrogen and oxygen atoms in total. The minimum Gasteiger partial charge on any atom is -0.482 e. The Bertz CT molecular complexity index is 430. The van der Waals surface area contributed by atoms with Gasteiger partial charge in [-0.15, -0.1) is 0 Å². The number of carbonyl (C=O) groups is 2. The highest BCUT2D eigenvalue weighted by atomic mass is 35.5. The van der Waals surface area contributed by atoms with Crippen LogP contribution in [0.2, 0.25) is 5.02 Å². The number of aromatic carboxylic acids is 1. The lowest BCUT2D eigenvalue weighted by Crippen LogP contribution is -2.14. The summed E-state index contributed by atoms with van der Waals surface area (Å²) in [6, 6.07) is 4.07. The Hall–Kier alpha value is -1.75. The summed E-state index contributed by atoms with van der Waals surface area (Å²) in [6.07, 6.45) is 0. The summed E-state index contributed by atoms with van der Waals surface area (Å²) >= 11 is 5.72. The maximum Gasteiger partial charge on any atom is 0.344 e. The molecule has 0 heterocycles. The maximum absolute atomic E-state index is 11.0. The Morgan fingerprint density at radius 1 is 1.41 bits per heavy atom. The summed E-state index contributed by atoms with van der Waals surface area (Å²) < 4.78 is 9.75. The maximum atomic E-state index is 11.0. The number of ether oxygens (including phenoxy) is 2. The number of rotatable bonds is 5. The van der Waals surface area contributed by atoms with Crippen molar-refractivity contribution in [2.75, 3.05) is 13.2 Å². The average Bonchev–Trinajstić information content (AvgIpc) is 2.26. The van der Waals surface area contributed by atoms with E-state index in [4.69, 9.17) is 21.4 Å². The van der Waals surface area contributed by atoms with Crippen molar-refractivity contribution < 1.29 is 24.2 Å². The van der Waals surface area contributed by atoms with E-state index >= 15 is 0 Å². The Balaban J connectivity index is 2.65. The molecule has 0 aliphatic heterocycles. The van der Waals surface area contributed by atoms with Crippen LogP contribution in [0.3, 0.4) is 0 Å². The molecule has 0 aliphatic rings. The number of carboxylic acid groups (broad SMARTS) is 1. The molecular weight excluding hydrogens is 248 g/mol. The van der Waals surface area contributed by atoms with Crippen LogP contribution in [0.5, 0.6) is 5.75 Å². The minimum absolute atomic E-state index is 0.0184. The first-order chi connectivity index (χ1) is 8.04. The van der Waals surface area contributed by atoms with Crippen LogP contribution in [0.4, 0.5) is 0 Å². The average molecular weight is 259 g/mol. The SMILES string of the molecule is CCOC(=O)COc1ccc(C(=O)O)c(Cl)c1. The van der Waals surface area contributed by atoms with Crippen molar-refractivity contribution in [2.24, 2.45) is 0 Å². The van der Waals surface area contributed by atoms with Gasteiger partial charge < -0.3 is 14.6 Å². The summed E-state index contributed by atoms with van der Waals surface area (Å²) in [5.41, 5.74) is -0.0184. The lowest BCUT2D eigenvalue weighted by atomic mass is 10.2. The van der Waals surface area contributed by atoms with Crippen molar-refractivity contribution in [2.45, 2.75) is 6.92 Å². The van der Waals surface area contributed by atoms with E-state index in [9.17, 15) is 9.59 Å². The fourth-order valence-electron chi connectivity index (χ4n) is 1.10. The van der Waals surface area contributed by atoms with Gasteiger partial charge in [-0.25, -0.2) is 9.59 Å². The number of halogens is 1. The van der Waals surface area contributed by atoms with Gasteiger partial charge in [0.15, 0.2) is 6.61 Å². The van der Waals surface area contributed by atoms with E-state index in [0.29, 0.717) is 5.75 Å². The molecular formula is C11H11ClO5. The molecule has 0 spiro atoms. The fraction of sp³-hybridized carbons (Fsp3) is 0.273. The fourth-order valence-corrected chi connectivity index (χ4v) is 1.36. The molecule has 92 valence electrons. The van der Waals surface area contributed by atoms with Crippen LogP contribution in [0.1, 0.15) is 17.3 Å². The van der Waals surface area contributed by atoms with E-state index < -0.39 is 11.9 Å². The summed E-state index contributed by atoms with van der Waals surface area (Å²) in [5, 5.41) is 8.80. The molecule has 17 heavy (non-hydrogen) atoms. The molecule has 0 fully saturated rings. The van der Waals surface area contributed by atoms with Crippen molar-refractivity contribution in [1.82, 2.24) is 0 Å². The van der Waals surface area contributed by atoms with Crippen molar-refractivity contribution in [3.8, 4) is 5.75 Å². The molecule has 1 aromatic carbocycles. The van der Waals surface area contributed by atoms with Crippen LogP contribution in [-0.4, -0.2) is 30.3 Å². The van der Waals surface area contributed by atoms with Crippen LogP contribution in [-0.2, 0) is 9.53 Å². The second kappa shape index (κ2) is 6.10. The van der Waals surface area contributed by atoms with Gasteiger partial charge in [-0.3, -0.25) is 0 Å². The van der Waals surface area contributed by atoms with Crippen molar-refractivity contribution in [3.05, 3.63) is 28.8 Å². The van der Waals surface area contributed by atoms with Gasteiger partial charge in [-0.05, 0) is 25.1 Å². The molecule has 6 heteroatoms. The first-order valence-corrected chi connectivity index (χ1v) is 5.23. The molecule has 0 bridgehead atoms. The van der Waals surface area contributed by atoms with E-state index in [1.807, 2.05) is 0 Å². The second-order valence-corrected chi connectivity index (χ2v) is 3.45. The topological polar surface area (TPSA) is 72.8 Å². The highest BCUT2D eigenvalue weighted by Crippen LogP contribution is 2.22. The van der Waals surface area contributed by atoms with E-state index in [0.717, 1.165) is 0 Å². The van der Waals surface area contributed by atoms with Gasteiger partial charge >= 0.3 is 11.9 Å². The lowest BCUT2D eigenvalue weighted by molar-refractivity contribution is -0.145. The molecule has 0 unspecified atom stereocenters. The predicted molar refractivity (Wildman–Crippen MR) is 60.5 cm³/mol. The Morgan fingerprint density at radius 2 is 2.12 bits per heavy atom. The second-order valence-electron chi connectivity index (χ2n) is 3.04. The third-order valence-corrected chi connectivity index (χ3v) is 2.15.